The van der Waals surface area contributed by atoms with Crippen LogP contribution in [-0.2, 0) is 11.3 Å². The molecule has 2 saturated heterocycles. The number of rotatable bonds is 4. The summed E-state index contributed by atoms with van der Waals surface area (Å²) in [5, 5.41) is 7.61. The smallest absolute Gasteiger partial charge is 0.223 e. The van der Waals surface area contributed by atoms with Gasteiger partial charge in [0.1, 0.15) is 0 Å². The molecule has 24 heavy (non-hydrogen) atoms. The van der Waals surface area contributed by atoms with E-state index in [1.54, 1.807) is 11.3 Å². The van der Waals surface area contributed by atoms with Gasteiger partial charge in [-0.15, -0.1) is 0 Å². The number of halogens is 1. The normalized spacial score (nSPS) is 27.6. The molecule has 0 saturated carbocycles. The highest BCUT2D eigenvalue weighted by atomic mass is 32.1. The molecular formula is C17H21FN4OS. The Bertz CT molecular complexity index is 666. The number of ether oxygens (including phenoxy) is 1. The summed E-state index contributed by atoms with van der Waals surface area (Å²) in [4.78, 5) is 10.4. The van der Waals surface area contributed by atoms with Crippen LogP contribution in [0.1, 0.15) is 24.8 Å². The minimum atomic E-state index is -0.420. The van der Waals surface area contributed by atoms with Crippen molar-refractivity contribution >= 4 is 17.3 Å². The first kappa shape index (κ1) is 15.9. The van der Waals surface area contributed by atoms with E-state index < -0.39 is 5.82 Å². The Kier molecular flexibility index (Phi) is 4.47. The Morgan fingerprint density at radius 2 is 2.29 bits per heavy atom. The fourth-order valence-corrected chi connectivity index (χ4v) is 4.42. The van der Waals surface area contributed by atoms with Crippen LogP contribution in [0.4, 0.5) is 10.3 Å². The topological polar surface area (TPSA) is 50.3 Å². The highest BCUT2D eigenvalue weighted by molar-refractivity contribution is 7.07. The molecule has 7 heteroatoms. The van der Waals surface area contributed by atoms with E-state index in [1.807, 2.05) is 0 Å². The first-order valence-electron chi connectivity index (χ1n) is 8.32. The third kappa shape index (κ3) is 3.58. The Morgan fingerprint density at radius 3 is 3.08 bits per heavy atom. The zero-order valence-corrected chi connectivity index (χ0v) is 14.3. The summed E-state index contributed by atoms with van der Waals surface area (Å²) < 4.78 is 19.1. The summed E-state index contributed by atoms with van der Waals surface area (Å²) in [6.45, 7) is 3.73. The van der Waals surface area contributed by atoms with Crippen LogP contribution in [0.25, 0.3) is 0 Å². The van der Waals surface area contributed by atoms with Gasteiger partial charge in [-0.1, -0.05) is 0 Å². The molecule has 2 atom stereocenters. The van der Waals surface area contributed by atoms with Crippen molar-refractivity contribution in [2.45, 2.75) is 37.5 Å². The molecule has 2 fully saturated rings. The largest absolute Gasteiger partial charge is 0.371 e. The van der Waals surface area contributed by atoms with Crippen LogP contribution in [0.3, 0.4) is 0 Å². The van der Waals surface area contributed by atoms with E-state index in [0.29, 0.717) is 12.6 Å². The van der Waals surface area contributed by atoms with Gasteiger partial charge < -0.3 is 10.1 Å². The summed E-state index contributed by atoms with van der Waals surface area (Å²) in [7, 11) is 0. The lowest BCUT2D eigenvalue weighted by atomic mass is 9.88. The van der Waals surface area contributed by atoms with Gasteiger partial charge >= 0.3 is 0 Å². The molecule has 0 amide bonds. The summed E-state index contributed by atoms with van der Waals surface area (Å²) in [5.41, 5.74) is 1.30. The Balaban J connectivity index is 1.36. The van der Waals surface area contributed by atoms with Gasteiger partial charge in [0, 0.05) is 19.5 Å². The molecule has 4 rings (SSSR count). The molecule has 0 aromatic carbocycles. The van der Waals surface area contributed by atoms with Crippen LogP contribution in [0.15, 0.2) is 29.2 Å². The number of piperidine rings is 1. The summed E-state index contributed by atoms with van der Waals surface area (Å²) >= 11 is 1.75. The van der Waals surface area contributed by atoms with Crippen LogP contribution < -0.4 is 5.32 Å². The van der Waals surface area contributed by atoms with Crippen molar-refractivity contribution in [1.82, 2.24) is 14.9 Å². The van der Waals surface area contributed by atoms with E-state index in [-0.39, 0.29) is 11.6 Å². The van der Waals surface area contributed by atoms with Crippen molar-refractivity contribution in [3.05, 3.63) is 40.6 Å². The van der Waals surface area contributed by atoms with Crippen LogP contribution in [0, 0.1) is 5.82 Å². The lowest BCUT2D eigenvalue weighted by molar-refractivity contribution is -0.0532. The highest BCUT2D eigenvalue weighted by Gasteiger charge is 2.43. The molecule has 2 aromatic rings. The molecule has 5 nitrogen and oxygen atoms in total. The van der Waals surface area contributed by atoms with Crippen LogP contribution in [0.5, 0.6) is 0 Å². The maximum Gasteiger partial charge on any atom is 0.223 e. The minimum Gasteiger partial charge on any atom is -0.371 e. The first-order chi connectivity index (χ1) is 11.7. The van der Waals surface area contributed by atoms with Gasteiger partial charge in [-0.3, -0.25) is 4.90 Å². The zero-order chi connectivity index (χ0) is 16.4. The number of thiophene rings is 1. The second kappa shape index (κ2) is 6.74. The molecule has 2 aromatic heterocycles. The molecule has 0 unspecified atom stereocenters. The molecule has 2 aliphatic heterocycles. The number of aromatic nitrogens is 2. The summed E-state index contributed by atoms with van der Waals surface area (Å²) in [6.07, 6.45) is 5.56. The number of hydrogen-bond acceptors (Lipinski definition) is 6. The average molecular weight is 348 g/mol. The lowest BCUT2D eigenvalue weighted by Gasteiger charge is -2.39. The van der Waals surface area contributed by atoms with Gasteiger partial charge in [-0.05, 0) is 41.8 Å². The molecule has 0 bridgehead atoms. The van der Waals surface area contributed by atoms with Crippen molar-refractivity contribution in [3.63, 3.8) is 0 Å². The van der Waals surface area contributed by atoms with Crippen molar-refractivity contribution < 1.29 is 9.13 Å². The Morgan fingerprint density at radius 1 is 1.42 bits per heavy atom. The van der Waals surface area contributed by atoms with Gasteiger partial charge in [0.05, 0.1) is 30.6 Å². The highest BCUT2D eigenvalue weighted by Crippen LogP contribution is 2.36. The van der Waals surface area contributed by atoms with Crippen LogP contribution >= 0.6 is 11.3 Å². The first-order valence-corrected chi connectivity index (χ1v) is 9.27. The van der Waals surface area contributed by atoms with Crippen molar-refractivity contribution in [2.24, 2.45) is 0 Å². The predicted octanol–water partition coefficient (Wildman–Crippen LogP) is 2.91. The molecule has 0 aliphatic carbocycles. The molecule has 0 radical (unpaired) electrons. The molecule has 128 valence electrons. The second-order valence-electron chi connectivity index (χ2n) is 6.71. The predicted molar refractivity (Wildman–Crippen MR) is 91.5 cm³/mol. The van der Waals surface area contributed by atoms with E-state index in [2.05, 4.69) is 37.0 Å². The second-order valence-corrected chi connectivity index (χ2v) is 7.49. The molecular weight excluding hydrogens is 327 g/mol. The Hall–Kier alpha value is -1.57. The van der Waals surface area contributed by atoms with Crippen LogP contribution in [-0.4, -0.2) is 46.2 Å². The molecule has 4 heterocycles. The lowest BCUT2D eigenvalue weighted by Crippen LogP contribution is -2.47. The standard InChI is InChI=1S/C17H21FN4OS/c18-14-7-19-16(20-8-14)21-15-6-17(23-10-15)3-1-4-22(12-17)9-13-2-5-24-11-13/h2,5,7-8,11,15H,1,3-4,6,9-10,12H2,(H,19,20,21)/t15-,17+/m0/s1. The number of anilines is 1. The molecule has 1 spiro atoms. The molecule has 1 N–H and O–H groups in total. The van der Waals surface area contributed by atoms with Gasteiger partial charge in [0.25, 0.3) is 0 Å². The van der Waals surface area contributed by atoms with E-state index in [1.165, 1.54) is 18.0 Å². The fraction of sp³-hybridized carbons (Fsp3) is 0.529. The number of likely N-dealkylation sites (tertiary alicyclic amines) is 1. The summed E-state index contributed by atoms with van der Waals surface area (Å²) in [5.74, 6) is 0.0454. The molecule has 2 aliphatic rings. The van der Waals surface area contributed by atoms with Gasteiger partial charge in [-0.25, -0.2) is 14.4 Å². The fourth-order valence-electron chi connectivity index (χ4n) is 3.76. The van der Waals surface area contributed by atoms with Crippen molar-refractivity contribution in [3.8, 4) is 0 Å². The third-order valence-corrected chi connectivity index (χ3v) is 5.50. The van der Waals surface area contributed by atoms with Gasteiger partial charge in [-0.2, -0.15) is 11.3 Å². The number of hydrogen-bond donors (Lipinski definition) is 1. The quantitative estimate of drug-likeness (QED) is 0.921. The zero-order valence-electron chi connectivity index (χ0n) is 13.4. The maximum absolute atomic E-state index is 12.9. The van der Waals surface area contributed by atoms with Gasteiger partial charge in [0.2, 0.25) is 5.95 Å². The minimum absolute atomic E-state index is 0.0774. The SMILES string of the molecule is Fc1cnc(N[C@@H]2CO[C@]3(CCCN(Cc4ccsc4)C3)C2)nc1. The van der Waals surface area contributed by atoms with E-state index >= 15 is 0 Å². The Labute approximate surface area is 144 Å². The number of nitrogens with one attached hydrogen (secondary N) is 1. The van der Waals surface area contributed by atoms with E-state index in [9.17, 15) is 4.39 Å². The monoisotopic (exact) mass is 348 g/mol. The third-order valence-electron chi connectivity index (χ3n) is 4.77. The van der Waals surface area contributed by atoms with Crippen molar-refractivity contribution in [1.29, 1.82) is 0 Å². The van der Waals surface area contributed by atoms with Crippen LogP contribution in [0.2, 0.25) is 0 Å². The number of nitrogens with zero attached hydrogens (tertiary/aromatic N) is 3. The maximum atomic E-state index is 12.9. The average Bonchev–Trinajstić information content (AvgIpc) is 3.21. The summed E-state index contributed by atoms with van der Waals surface area (Å²) in [6, 6.07) is 2.37. The van der Waals surface area contributed by atoms with Gasteiger partial charge in [0.15, 0.2) is 5.82 Å². The van der Waals surface area contributed by atoms with Crippen molar-refractivity contribution in [2.75, 3.05) is 25.0 Å². The van der Waals surface area contributed by atoms with E-state index in [4.69, 9.17) is 4.74 Å². The van der Waals surface area contributed by atoms with E-state index in [0.717, 1.165) is 38.9 Å².